The molecule has 2 aromatic carbocycles. The van der Waals surface area contributed by atoms with Crippen LogP contribution in [0.1, 0.15) is 54.9 Å². The van der Waals surface area contributed by atoms with Gasteiger partial charge in [0.05, 0.1) is 19.3 Å². The number of hydrogen-bond acceptors (Lipinski definition) is 6. The first-order valence-corrected chi connectivity index (χ1v) is 16.1. The van der Waals surface area contributed by atoms with Crippen LogP contribution in [0.3, 0.4) is 0 Å². The van der Waals surface area contributed by atoms with Crippen molar-refractivity contribution >= 4 is 18.7 Å². The molecule has 2 fully saturated rings. The molecule has 0 aromatic heterocycles. The van der Waals surface area contributed by atoms with Gasteiger partial charge in [0.2, 0.25) is 0 Å². The van der Waals surface area contributed by atoms with Crippen LogP contribution in [0.15, 0.2) is 72.8 Å². The zero-order valence-corrected chi connectivity index (χ0v) is 25.4. The Labute approximate surface area is 234 Å². The zero-order valence-electron chi connectivity index (χ0n) is 24.4. The monoisotopic (exact) mass is 552 g/mol. The van der Waals surface area contributed by atoms with E-state index in [1.54, 1.807) is 0 Å². The molecule has 3 aliphatic heterocycles. The van der Waals surface area contributed by atoms with E-state index in [0.717, 1.165) is 6.42 Å². The van der Waals surface area contributed by atoms with Gasteiger partial charge in [0.1, 0.15) is 24.4 Å². The summed E-state index contributed by atoms with van der Waals surface area (Å²) in [6.07, 6.45) is 3.94. The molecule has 0 spiro atoms. The van der Waals surface area contributed by atoms with Crippen LogP contribution in [0.4, 0.5) is 0 Å². The molecule has 5 atom stereocenters. The smallest absolute Gasteiger partial charge is 0.261 e. The standard InChI is InChI=1S/C32H44O6Si/c1-30(2,3)39(23-15-10-8-11-16-23,24-17-12-9-13-18-24)34-22-28-29(38-32(6,7)37-28)26-20-14-19-25(35-26)27-21-33-31(4,5)36-27/h8-18,20,25-29H,19,21-22H2,1-7H3/t25-,26-,27-,28-,29-/m1/s1. The van der Waals surface area contributed by atoms with E-state index in [2.05, 4.69) is 93.6 Å². The van der Waals surface area contributed by atoms with Gasteiger partial charge in [-0.1, -0.05) is 93.6 Å². The molecule has 0 radical (unpaired) electrons. The Kier molecular flexibility index (Phi) is 7.98. The normalized spacial score (nSPS) is 30.5. The van der Waals surface area contributed by atoms with Gasteiger partial charge in [0, 0.05) is 0 Å². The summed E-state index contributed by atoms with van der Waals surface area (Å²) in [6, 6.07) is 21.4. The maximum atomic E-state index is 7.23. The number of hydrogen-bond donors (Lipinski definition) is 0. The minimum absolute atomic E-state index is 0.104. The summed E-state index contributed by atoms with van der Waals surface area (Å²) in [5, 5.41) is 2.36. The van der Waals surface area contributed by atoms with E-state index >= 15 is 0 Å². The van der Waals surface area contributed by atoms with Crippen molar-refractivity contribution in [2.75, 3.05) is 13.2 Å². The molecule has 0 saturated carbocycles. The molecule has 3 heterocycles. The van der Waals surface area contributed by atoms with Gasteiger partial charge < -0.3 is 28.1 Å². The molecule has 2 aromatic rings. The molecular weight excluding hydrogens is 508 g/mol. The third-order valence-corrected chi connectivity index (χ3v) is 12.9. The first-order valence-electron chi connectivity index (χ1n) is 14.1. The average molecular weight is 553 g/mol. The summed E-state index contributed by atoms with van der Waals surface area (Å²) in [6.45, 7) is 15.6. The molecular formula is C32H44O6Si. The molecule has 6 nitrogen and oxygen atoms in total. The van der Waals surface area contributed by atoms with Crippen molar-refractivity contribution in [1.82, 2.24) is 0 Å². The van der Waals surface area contributed by atoms with Crippen molar-refractivity contribution in [3.63, 3.8) is 0 Å². The highest BCUT2D eigenvalue weighted by molar-refractivity contribution is 6.99. The topological polar surface area (TPSA) is 55.4 Å². The zero-order chi connectivity index (χ0) is 27.9. The van der Waals surface area contributed by atoms with Crippen molar-refractivity contribution in [3.05, 3.63) is 72.8 Å². The van der Waals surface area contributed by atoms with Crippen LogP contribution in [0, 0.1) is 0 Å². The third kappa shape index (κ3) is 5.96. The maximum absolute atomic E-state index is 7.23. The quantitative estimate of drug-likeness (QED) is 0.358. The fourth-order valence-electron chi connectivity index (χ4n) is 6.21. The largest absolute Gasteiger partial charge is 0.405 e. The van der Waals surface area contributed by atoms with Crippen LogP contribution in [0.2, 0.25) is 5.04 Å². The molecule has 0 aliphatic carbocycles. The minimum atomic E-state index is -2.72. The van der Waals surface area contributed by atoms with Gasteiger partial charge in [-0.05, 0) is 49.5 Å². The number of rotatable bonds is 7. The van der Waals surface area contributed by atoms with Crippen molar-refractivity contribution in [2.24, 2.45) is 0 Å². The van der Waals surface area contributed by atoms with Gasteiger partial charge >= 0.3 is 0 Å². The lowest BCUT2D eigenvalue weighted by molar-refractivity contribution is -0.179. The van der Waals surface area contributed by atoms with E-state index < -0.39 is 19.9 Å². The predicted molar refractivity (Wildman–Crippen MR) is 155 cm³/mol. The highest BCUT2D eigenvalue weighted by atomic mass is 28.4. The molecule has 2 saturated heterocycles. The molecule has 5 rings (SSSR count). The van der Waals surface area contributed by atoms with Crippen molar-refractivity contribution in [3.8, 4) is 0 Å². The van der Waals surface area contributed by atoms with Crippen LogP contribution >= 0.6 is 0 Å². The lowest BCUT2D eigenvalue weighted by Gasteiger charge is -2.43. The van der Waals surface area contributed by atoms with Gasteiger partial charge in [-0.15, -0.1) is 0 Å². The Morgan fingerprint density at radius 1 is 0.821 bits per heavy atom. The van der Waals surface area contributed by atoms with Crippen molar-refractivity contribution < 1.29 is 28.1 Å². The summed E-state index contributed by atoms with van der Waals surface area (Å²) in [5.41, 5.74) is 0. The van der Waals surface area contributed by atoms with Gasteiger partial charge in [-0.2, -0.15) is 0 Å². The summed E-state index contributed by atoms with van der Waals surface area (Å²) in [7, 11) is -2.72. The second-order valence-electron chi connectivity index (χ2n) is 12.8. The lowest BCUT2D eigenvalue weighted by atomic mass is 10.0. The summed E-state index contributed by atoms with van der Waals surface area (Å²) in [5.74, 6) is -1.34. The first kappa shape index (κ1) is 28.7. The Morgan fingerprint density at radius 2 is 1.44 bits per heavy atom. The van der Waals surface area contributed by atoms with E-state index in [0.29, 0.717) is 13.2 Å². The van der Waals surface area contributed by atoms with E-state index in [1.165, 1.54) is 10.4 Å². The highest BCUT2D eigenvalue weighted by Crippen LogP contribution is 2.39. The van der Waals surface area contributed by atoms with Gasteiger partial charge in [-0.25, -0.2) is 0 Å². The van der Waals surface area contributed by atoms with E-state index in [1.807, 2.05) is 27.7 Å². The third-order valence-electron chi connectivity index (χ3n) is 7.90. The van der Waals surface area contributed by atoms with Crippen LogP contribution < -0.4 is 10.4 Å². The number of ether oxygens (including phenoxy) is 5. The minimum Gasteiger partial charge on any atom is -0.405 e. The molecule has 0 unspecified atom stereocenters. The van der Waals surface area contributed by atoms with E-state index in [-0.39, 0.29) is 35.6 Å². The fraction of sp³-hybridized carbons (Fsp3) is 0.562. The van der Waals surface area contributed by atoms with Crippen LogP contribution in [0.5, 0.6) is 0 Å². The maximum Gasteiger partial charge on any atom is 0.261 e. The molecule has 3 aliphatic rings. The van der Waals surface area contributed by atoms with Gasteiger partial charge in [-0.3, -0.25) is 0 Å². The molecule has 0 bridgehead atoms. The van der Waals surface area contributed by atoms with Crippen molar-refractivity contribution in [2.45, 2.75) is 102 Å². The molecule has 0 amide bonds. The van der Waals surface area contributed by atoms with Crippen LogP contribution in [-0.2, 0) is 28.1 Å². The van der Waals surface area contributed by atoms with Crippen LogP contribution in [-0.4, -0.2) is 63.6 Å². The highest BCUT2D eigenvalue weighted by Gasteiger charge is 2.53. The average Bonchev–Trinajstić information content (AvgIpc) is 3.42. The molecule has 0 N–H and O–H groups in total. The van der Waals surface area contributed by atoms with Crippen molar-refractivity contribution in [1.29, 1.82) is 0 Å². The summed E-state index contributed by atoms with van der Waals surface area (Å²) in [4.78, 5) is 0. The SMILES string of the molecule is CC1(C)O[C@H]([C@H]2C=CC[C@H]([C@H]3COC(C)(C)O3)O2)[C@@H](CO[Si](c2ccccc2)(c2ccccc2)C(C)(C)C)O1. The number of benzene rings is 2. The second-order valence-corrected chi connectivity index (χ2v) is 17.1. The van der Waals surface area contributed by atoms with Gasteiger partial charge in [0.15, 0.2) is 11.6 Å². The fourth-order valence-corrected chi connectivity index (χ4v) is 10.8. The van der Waals surface area contributed by atoms with Crippen LogP contribution in [0.25, 0.3) is 0 Å². The summed E-state index contributed by atoms with van der Waals surface area (Å²) < 4.78 is 38.7. The molecule has 212 valence electrons. The van der Waals surface area contributed by atoms with Gasteiger partial charge in [0.25, 0.3) is 8.32 Å². The Morgan fingerprint density at radius 3 is 1.97 bits per heavy atom. The Balaban J connectivity index is 1.41. The Hall–Kier alpha value is -1.84. The summed E-state index contributed by atoms with van der Waals surface area (Å²) >= 11 is 0. The Bertz CT molecular complexity index is 1090. The predicted octanol–water partition coefficient (Wildman–Crippen LogP) is 4.95. The molecule has 7 heteroatoms. The van der Waals surface area contributed by atoms with E-state index in [9.17, 15) is 0 Å². The first-order chi connectivity index (χ1) is 18.4. The lowest BCUT2D eigenvalue weighted by Crippen LogP contribution is -2.67. The second kappa shape index (κ2) is 10.9. The molecule has 39 heavy (non-hydrogen) atoms. The van der Waals surface area contributed by atoms with E-state index in [4.69, 9.17) is 28.1 Å².